The van der Waals surface area contributed by atoms with Gasteiger partial charge in [0, 0.05) is 110 Å². The predicted molar refractivity (Wildman–Crippen MR) is 418 cm³/mol. The summed E-state index contributed by atoms with van der Waals surface area (Å²) in [6.07, 6.45) is 0. The predicted octanol–water partition coefficient (Wildman–Crippen LogP) is 23.8. The van der Waals surface area contributed by atoms with Gasteiger partial charge in [-0.1, -0.05) is 231 Å². The lowest BCUT2D eigenvalue weighted by atomic mass is 10.0. The van der Waals surface area contributed by atoms with E-state index in [1.54, 1.807) is 0 Å². The molecule has 0 amide bonds. The van der Waals surface area contributed by atoms with Crippen molar-refractivity contribution in [3.05, 3.63) is 340 Å². The molecule has 8 aromatic heterocycles. The second-order valence-electron chi connectivity index (χ2n) is 26.0. The van der Waals surface area contributed by atoms with Crippen LogP contribution in [0.3, 0.4) is 0 Å². The van der Waals surface area contributed by atoms with Crippen molar-refractivity contribution in [3.63, 3.8) is 0 Å². The largest absolute Gasteiger partial charge is 0.456 e. The van der Waals surface area contributed by atoms with E-state index in [4.69, 9.17) is 28.8 Å². The highest BCUT2D eigenvalue weighted by Gasteiger charge is 2.26. The van der Waals surface area contributed by atoms with Crippen LogP contribution in [-0.2, 0) is 0 Å². The molecule has 0 aliphatic heterocycles. The minimum Gasteiger partial charge on any atom is -0.456 e. The number of hydrogen-bond acceptors (Lipinski definition) is 6. The van der Waals surface area contributed by atoms with E-state index in [0.29, 0.717) is 11.6 Å². The Hall–Kier alpha value is -14.0. The average molecular weight is 1310 g/mol. The number of benzene rings is 14. The molecule has 0 atom stereocenters. The van der Waals surface area contributed by atoms with Crippen molar-refractivity contribution in [1.29, 1.82) is 0 Å². The molecule has 8 heterocycles. The molecule has 0 spiro atoms. The first kappa shape index (κ1) is 57.1. The first-order valence-corrected chi connectivity index (χ1v) is 34.4. The van der Waals surface area contributed by atoms with E-state index in [0.717, 1.165) is 145 Å². The molecule has 0 bridgehead atoms. The Morgan fingerprint density at radius 3 is 1.16 bits per heavy atom. The number of nitrogens with zero attached hydrogens (tertiary/aromatic N) is 8. The zero-order valence-corrected chi connectivity index (χ0v) is 54.7. The van der Waals surface area contributed by atoms with Gasteiger partial charge in [-0.15, -0.1) is 0 Å². The van der Waals surface area contributed by atoms with Crippen LogP contribution in [0.15, 0.2) is 349 Å². The summed E-state index contributed by atoms with van der Waals surface area (Å²) >= 11 is 0. The fourth-order valence-electron chi connectivity index (χ4n) is 15.9. The molecule has 102 heavy (non-hydrogen) atoms. The summed E-state index contributed by atoms with van der Waals surface area (Å²) in [4.78, 5) is 21.4. The molecule has 0 radical (unpaired) electrons. The molecule has 0 unspecified atom stereocenters. The standard InChI is InChI=1S/2C46H28N4O/c1-3-14-29(15-4-1)36-28-42(48-46(47-36)35-21-13-25-41-43(35)34-20-9-12-24-40(34)51-41)50-37-22-10-7-18-31(37)32-26-27-39-44(45(32)50)33-19-8-11-23-38(33)49(39)30-16-5-2-6-17-30;1-3-13-29(14-4-1)37-28-43(48-46(47-37)30-23-26-42-36(27-30)33-18-9-12-22-41(33)51-42)50-38-20-10-7-17-32(38)34-24-25-40-44(45(34)50)35-19-8-11-21-39(35)49(40)31-15-5-2-6-16-31/h2*1-28H. The number of rotatable bonds is 8. The number of furan rings is 2. The SMILES string of the molecule is c1ccc(-c2cc(-n3c4ccccc4c4ccc5c(c6ccccc6n5-c5ccccc5)c43)nc(-c3ccc4oc5ccccc5c4c3)n2)cc1.c1ccc(-c2cc(-n3c4ccccc4c4ccc5c(c6ccccc6n5-c5ccccc5)c43)nc(-c3cccc4oc5ccccc5c34)n2)cc1. The highest BCUT2D eigenvalue weighted by atomic mass is 16.3. The number of para-hydroxylation sites is 8. The average Bonchev–Trinajstić information content (AvgIpc) is 1.55. The third-order valence-electron chi connectivity index (χ3n) is 20.3. The van der Waals surface area contributed by atoms with Crippen molar-refractivity contribution in [1.82, 2.24) is 38.2 Å². The zero-order chi connectivity index (χ0) is 66.9. The van der Waals surface area contributed by atoms with Gasteiger partial charge in [0.2, 0.25) is 0 Å². The molecule has 476 valence electrons. The van der Waals surface area contributed by atoms with Crippen LogP contribution >= 0.6 is 0 Å². The van der Waals surface area contributed by atoms with E-state index in [1.807, 2.05) is 60.7 Å². The van der Waals surface area contributed by atoms with Crippen LogP contribution in [-0.4, -0.2) is 38.2 Å². The van der Waals surface area contributed by atoms with Gasteiger partial charge in [0.15, 0.2) is 11.6 Å². The molecular formula is C92H56N8O2. The molecule has 22 rings (SSSR count). The Bertz CT molecular complexity index is 7120. The van der Waals surface area contributed by atoms with Gasteiger partial charge in [-0.25, -0.2) is 19.9 Å². The Balaban J connectivity index is 0.000000133. The van der Waals surface area contributed by atoms with Crippen molar-refractivity contribution < 1.29 is 8.83 Å². The van der Waals surface area contributed by atoms with E-state index in [-0.39, 0.29) is 0 Å². The molecule has 0 saturated carbocycles. The summed E-state index contributed by atoms with van der Waals surface area (Å²) in [5, 5.41) is 13.7. The number of hydrogen-bond donors (Lipinski definition) is 0. The fourth-order valence-corrected chi connectivity index (χ4v) is 15.9. The Labute approximate surface area is 582 Å². The van der Waals surface area contributed by atoms with Crippen LogP contribution < -0.4 is 0 Å². The van der Waals surface area contributed by atoms with Gasteiger partial charge in [-0.3, -0.25) is 9.13 Å². The minimum absolute atomic E-state index is 0.647. The quantitative estimate of drug-likeness (QED) is 0.150. The molecule has 0 saturated heterocycles. The maximum absolute atomic E-state index is 6.31. The second kappa shape index (κ2) is 22.8. The molecule has 10 heteroatoms. The Morgan fingerprint density at radius 1 is 0.216 bits per heavy atom. The van der Waals surface area contributed by atoms with Crippen molar-refractivity contribution in [3.8, 4) is 68.3 Å². The van der Waals surface area contributed by atoms with Crippen molar-refractivity contribution in [2.45, 2.75) is 0 Å². The molecule has 0 N–H and O–H groups in total. The Kier molecular flexibility index (Phi) is 12.8. The number of aromatic nitrogens is 8. The van der Waals surface area contributed by atoms with Crippen LogP contribution in [0.2, 0.25) is 0 Å². The van der Waals surface area contributed by atoms with Gasteiger partial charge in [0.1, 0.15) is 34.0 Å². The van der Waals surface area contributed by atoms with Gasteiger partial charge in [-0.2, -0.15) is 0 Å². The van der Waals surface area contributed by atoms with Crippen molar-refractivity contribution in [2.24, 2.45) is 0 Å². The lowest BCUT2D eigenvalue weighted by molar-refractivity contribution is 0.668. The smallest absolute Gasteiger partial charge is 0.162 e. The van der Waals surface area contributed by atoms with Crippen LogP contribution in [0, 0.1) is 0 Å². The third kappa shape index (κ3) is 8.86. The first-order chi connectivity index (χ1) is 50.6. The topological polar surface area (TPSA) is 97.6 Å². The maximum atomic E-state index is 6.31. The molecule has 0 fully saturated rings. The lowest BCUT2D eigenvalue weighted by Gasteiger charge is -2.13. The number of fused-ring (bicyclic) bond motifs is 20. The monoisotopic (exact) mass is 1300 g/mol. The minimum atomic E-state index is 0.647. The van der Waals surface area contributed by atoms with E-state index < -0.39 is 0 Å². The van der Waals surface area contributed by atoms with E-state index in [9.17, 15) is 0 Å². The lowest BCUT2D eigenvalue weighted by Crippen LogP contribution is -2.03. The Morgan fingerprint density at radius 2 is 0.618 bits per heavy atom. The summed E-state index contributed by atoms with van der Waals surface area (Å²) in [5.41, 5.74) is 20.3. The maximum Gasteiger partial charge on any atom is 0.162 e. The molecular weight excluding hydrogens is 1250 g/mol. The molecule has 10 nitrogen and oxygen atoms in total. The second-order valence-corrected chi connectivity index (χ2v) is 26.0. The van der Waals surface area contributed by atoms with Gasteiger partial charge in [0.25, 0.3) is 0 Å². The van der Waals surface area contributed by atoms with Gasteiger partial charge >= 0.3 is 0 Å². The summed E-state index contributed by atoms with van der Waals surface area (Å²) in [6, 6.07) is 119. The van der Waals surface area contributed by atoms with Crippen molar-refractivity contribution >= 4 is 131 Å². The van der Waals surface area contributed by atoms with Crippen molar-refractivity contribution in [2.75, 3.05) is 0 Å². The normalized spacial score (nSPS) is 11.9. The summed E-state index contributed by atoms with van der Waals surface area (Å²) in [7, 11) is 0. The third-order valence-corrected chi connectivity index (χ3v) is 20.3. The highest BCUT2D eigenvalue weighted by molar-refractivity contribution is 6.28. The van der Waals surface area contributed by atoms with Gasteiger partial charge < -0.3 is 18.0 Å². The van der Waals surface area contributed by atoms with E-state index in [2.05, 4.69) is 297 Å². The summed E-state index contributed by atoms with van der Waals surface area (Å²) in [6.45, 7) is 0. The van der Waals surface area contributed by atoms with Crippen LogP contribution in [0.25, 0.3) is 199 Å². The van der Waals surface area contributed by atoms with E-state index in [1.165, 1.54) is 43.1 Å². The molecule has 0 aliphatic rings. The zero-order valence-electron chi connectivity index (χ0n) is 54.7. The molecule has 14 aromatic carbocycles. The van der Waals surface area contributed by atoms with Gasteiger partial charge in [-0.05, 0) is 97.1 Å². The van der Waals surface area contributed by atoms with Crippen LogP contribution in [0.5, 0.6) is 0 Å². The van der Waals surface area contributed by atoms with Crippen LogP contribution in [0.4, 0.5) is 0 Å². The summed E-state index contributed by atoms with van der Waals surface area (Å²) in [5.74, 6) is 2.92. The highest BCUT2D eigenvalue weighted by Crippen LogP contribution is 2.46. The molecule has 22 aromatic rings. The fraction of sp³-hybridized carbons (Fsp3) is 0. The van der Waals surface area contributed by atoms with E-state index >= 15 is 0 Å². The summed E-state index contributed by atoms with van der Waals surface area (Å²) < 4.78 is 21.9. The first-order valence-electron chi connectivity index (χ1n) is 34.4. The van der Waals surface area contributed by atoms with Crippen LogP contribution in [0.1, 0.15) is 0 Å². The van der Waals surface area contributed by atoms with Gasteiger partial charge in [0.05, 0.1) is 55.5 Å². The molecule has 0 aliphatic carbocycles.